The van der Waals surface area contributed by atoms with Crippen molar-refractivity contribution in [3.8, 4) is 0 Å². The zero-order valence-corrected chi connectivity index (χ0v) is 11.7. The van der Waals surface area contributed by atoms with E-state index in [-0.39, 0.29) is 24.1 Å². The summed E-state index contributed by atoms with van der Waals surface area (Å²) >= 11 is 0. The molecule has 1 amide bonds. The van der Waals surface area contributed by atoms with Gasteiger partial charge in [-0.05, 0) is 52.1 Å². The summed E-state index contributed by atoms with van der Waals surface area (Å²) in [5.41, 5.74) is -0.387. The van der Waals surface area contributed by atoms with Crippen LogP contribution in [0.15, 0.2) is 0 Å². The first kappa shape index (κ1) is 14.6. The van der Waals surface area contributed by atoms with Crippen molar-refractivity contribution in [3.05, 3.63) is 0 Å². The number of hydrogen-bond donors (Lipinski definition) is 1. The largest absolute Gasteiger partial charge is 0.444 e. The van der Waals surface area contributed by atoms with Crippen LogP contribution in [0.3, 0.4) is 0 Å². The minimum atomic E-state index is -0.387. The molecule has 2 atom stereocenters. The van der Waals surface area contributed by atoms with Crippen molar-refractivity contribution in [2.24, 2.45) is 11.8 Å². The maximum Gasteiger partial charge on any atom is 0.410 e. The molecule has 0 radical (unpaired) electrons. The Morgan fingerprint density at radius 1 is 1.29 bits per heavy atom. The van der Waals surface area contributed by atoms with E-state index in [1.165, 1.54) is 0 Å². The molecule has 2 fully saturated rings. The first-order chi connectivity index (χ1) is 7.46. The van der Waals surface area contributed by atoms with Crippen LogP contribution in [0.4, 0.5) is 4.79 Å². The predicted octanol–water partition coefficient (Wildman–Crippen LogP) is 1.88. The number of nitrogens with one attached hydrogen (secondary N) is 1. The van der Waals surface area contributed by atoms with Crippen molar-refractivity contribution in [1.82, 2.24) is 10.2 Å². The third kappa shape index (κ3) is 3.75. The van der Waals surface area contributed by atoms with Crippen molar-refractivity contribution in [3.63, 3.8) is 0 Å². The number of carbonyl (C=O) groups excluding carboxylic acids is 1. The van der Waals surface area contributed by atoms with E-state index in [1.807, 2.05) is 25.7 Å². The van der Waals surface area contributed by atoms with Crippen LogP contribution in [0, 0.1) is 11.8 Å². The third-order valence-electron chi connectivity index (χ3n) is 3.36. The zero-order chi connectivity index (χ0) is 11.8. The maximum atomic E-state index is 11.9. The summed E-state index contributed by atoms with van der Waals surface area (Å²) in [6, 6.07) is 0. The lowest BCUT2D eigenvalue weighted by atomic mass is 9.89. The Morgan fingerprint density at radius 2 is 1.94 bits per heavy atom. The number of ether oxygens (including phenoxy) is 1. The molecule has 100 valence electrons. The molecule has 17 heavy (non-hydrogen) atoms. The highest BCUT2D eigenvalue weighted by Gasteiger charge is 2.35. The van der Waals surface area contributed by atoms with Crippen LogP contribution >= 0.6 is 12.4 Å². The topological polar surface area (TPSA) is 41.6 Å². The Balaban J connectivity index is 0.00000144. The van der Waals surface area contributed by atoms with E-state index in [2.05, 4.69) is 5.32 Å². The number of amides is 1. The van der Waals surface area contributed by atoms with Gasteiger partial charge in [0.2, 0.25) is 0 Å². The van der Waals surface area contributed by atoms with Crippen molar-refractivity contribution >= 4 is 18.5 Å². The quantitative estimate of drug-likeness (QED) is 0.725. The maximum absolute atomic E-state index is 11.9. The number of carbonyl (C=O) groups is 1. The Morgan fingerprint density at radius 3 is 2.59 bits per heavy atom. The lowest BCUT2D eigenvalue weighted by molar-refractivity contribution is 0.0140. The number of rotatable bonds is 0. The summed E-state index contributed by atoms with van der Waals surface area (Å²) < 4.78 is 5.39. The molecule has 5 heteroatoms. The molecule has 0 aromatic carbocycles. The van der Waals surface area contributed by atoms with Crippen LogP contribution < -0.4 is 5.32 Å². The number of hydrogen-bond acceptors (Lipinski definition) is 3. The summed E-state index contributed by atoms with van der Waals surface area (Å²) in [7, 11) is 0. The van der Waals surface area contributed by atoms with Gasteiger partial charge in [0, 0.05) is 13.1 Å². The van der Waals surface area contributed by atoms with Crippen molar-refractivity contribution in [1.29, 1.82) is 0 Å². The number of halogens is 1. The minimum absolute atomic E-state index is 0. The second kappa shape index (κ2) is 5.44. The first-order valence-corrected chi connectivity index (χ1v) is 6.14. The molecule has 0 aromatic rings. The predicted molar refractivity (Wildman–Crippen MR) is 69.5 cm³/mol. The fourth-order valence-electron chi connectivity index (χ4n) is 2.53. The number of fused-ring (bicyclic) bond motifs is 1. The molecule has 4 nitrogen and oxygen atoms in total. The molecule has 2 rings (SSSR count). The normalized spacial score (nSPS) is 28.3. The second-order valence-corrected chi connectivity index (χ2v) is 5.89. The van der Waals surface area contributed by atoms with E-state index < -0.39 is 0 Å². The zero-order valence-electron chi connectivity index (χ0n) is 10.9. The fraction of sp³-hybridized carbons (Fsp3) is 0.917. The first-order valence-electron chi connectivity index (χ1n) is 6.14. The highest BCUT2D eigenvalue weighted by atomic mass is 35.5. The minimum Gasteiger partial charge on any atom is -0.444 e. The van der Waals surface area contributed by atoms with E-state index >= 15 is 0 Å². The Bertz CT molecular complexity index is 278. The smallest absolute Gasteiger partial charge is 0.410 e. The number of likely N-dealkylation sites (tertiary alicyclic amines) is 1. The number of nitrogens with zero attached hydrogens (tertiary/aromatic N) is 1. The van der Waals surface area contributed by atoms with Gasteiger partial charge in [-0.3, -0.25) is 0 Å². The summed E-state index contributed by atoms with van der Waals surface area (Å²) in [5, 5.41) is 3.39. The molecule has 1 N–H and O–H groups in total. The van der Waals surface area contributed by atoms with Crippen molar-refractivity contribution in [2.45, 2.75) is 32.8 Å². The molecule has 0 saturated carbocycles. The van der Waals surface area contributed by atoms with Gasteiger partial charge in [-0.1, -0.05) is 0 Å². The highest BCUT2D eigenvalue weighted by molar-refractivity contribution is 5.85. The molecule has 2 saturated heterocycles. The van der Waals surface area contributed by atoms with E-state index in [0.29, 0.717) is 5.92 Å². The van der Waals surface area contributed by atoms with Crippen LogP contribution in [-0.2, 0) is 4.74 Å². The lowest BCUT2D eigenvalue weighted by Gasteiger charge is -2.35. The van der Waals surface area contributed by atoms with Gasteiger partial charge in [-0.15, -0.1) is 12.4 Å². The van der Waals surface area contributed by atoms with E-state index in [0.717, 1.165) is 38.5 Å². The van der Waals surface area contributed by atoms with Gasteiger partial charge >= 0.3 is 6.09 Å². The summed E-state index contributed by atoms with van der Waals surface area (Å²) in [6.45, 7) is 9.60. The molecule has 0 unspecified atom stereocenters. The van der Waals surface area contributed by atoms with Crippen molar-refractivity contribution in [2.75, 3.05) is 26.2 Å². The monoisotopic (exact) mass is 262 g/mol. The molecular weight excluding hydrogens is 240 g/mol. The molecular formula is C12H23ClN2O2. The Labute approximate surface area is 109 Å². The standard InChI is InChI=1S/C12H22N2O2.ClH/c1-12(2,3)16-11(15)14-5-4-9-6-13-7-10(9)8-14;/h9-10,13H,4-8H2,1-3H3;1H/t9-,10-;/m1./s1. The lowest BCUT2D eigenvalue weighted by Crippen LogP contribution is -2.45. The molecule has 2 heterocycles. The van der Waals surface area contributed by atoms with Gasteiger partial charge in [-0.2, -0.15) is 0 Å². The molecule has 2 aliphatic heterocycles. The summed E-state index contributed by atoms with van der Waals surface area (Å²) in [6.07, 6.45) is 0.953. The van der Waals surface area contributed by atoms with Gasteiger partial charge < -0.3 is 15.0 Å². The molecule has 0 spiro atoms. The Kier molecular flexibility index (Phi) is 4.67. The highest BCUT2D eigenvalue weighted by Crippen LogP contribution is 2.27. The summed E-state index contributed by atoms with van der Waals surface area (Å²) in [5.74, 6) is 1.39. The van der Waals surface area contributed by atoms with Crippen LogP contribution in [-0.4, -0.2) is 42.8 Å². The summed E-state index contributed by atoms with van der Waals surface area (Å²) in [4.78, 5) is 13.7. The van der Waals surface area contributed by atoms with Crippen LogP contribution in [0.2, 0.25) is 0 Å². The average Bonchev–Trinajstić information content (AvgIpc) is 2.61. The van der Waals surface area contributed by atoms with Gasteiger partial charge in [0.1, 0.15) is 5.60 Å². The molecule has 2 aliphatic rings. The van der Waals surface area contributed by atoms with Gasteiger partial charge in [-0.25, -0.2) is 4.79 Å². The molecule has 0 bridgehead atoms. The van der Waals surface area contributed by atoms with Crippen LogP contribution in [0.5, 0.6) is 0 Å². The van der Waals surface area contributed by atoms with E-state index in [1.54, 1.807) is 0 Å². The molecule has 0 aromatic heterocycles. The van der Waals surface area contributed by atoms with E-state index in [9.17, 15) is 4.79 Å². The molecule has 0 aliphatic carbocycles. The average molecular weight is 263 g/mol. The SMILES string of the molecule is CC(C)(C)OC(=O)N1CC[C@@H]2CNC[C@@H]2C1.Cl. The van der Waals surface area contributed by atoms with Crippen LogP contribution in [0.25, 0.3) is 0 Å². The van der Waals surface area contributed by atoms with Gasteiger partial charge in [0.05, 0.1) is 0 Å². The van der Waals surface area contributed by atoms with E-state index in [4.69, 9.17) is 4.74 Å². The van der Waals surface area contributed by atoms with Crippen molar-refractivity contribution < 1.29 is 9.53 Å². The van der Waals surface area contributed by atoms with Gasteiger partial charge in [0.15, 0.2) is 0 Å². The number of piperidine rings is 1. The Hall–Kier alpha value is -0.480. The third-order valence-corrected chi connectivity index (χ3v) is 3.36. The van der Waals surface area contributed by atoms with Crippen LogP contribution in [0.1, 0.15) is 27.2 Å². The second-order valence-electron chi connectivity index (χ2n) is 5.89. The van der Waals surface area contributed by atoms with Gasteiger partial charge in [0.25, 0.3) is 0 Å². The fourth-order valence-corrected chi connectivity index (χ4v) is 2.53.